The molecule has 162 valence electrons. The van der Waals surface area contributed by atoms with E-state index in [2.05, 4.69) is 10.0 Å². The molecule has 0 spiro atoms. The highest BCUT2D eigenvalue weighted by atomic mass is 32.2. The van der Waals surface area contributed by atoms with Gasteiger partial charge in [0.05, 0.1) is 36.1 Å². The van der Waals surface area contributed by atoms with Gasteiger partial charge in [0.1, 0.15) is 17.3 Å². The highest BCUT2D eigenvalue weighted by Crippen LogP contribution is 2.31. The van der Waals surface area contributed by atoms with Crippen molar-refractivity contribution in [1.82, 2.24) is 0 Å². The fourth-order valence-electron chi connectivity index (χ4n) is 2.89. The van der Waals surface area contributed by atoms with Crippen LogP contribution in [-0.4, -0.2) is 28.5 Å². The lowest BCUT2D eigenvalue weighted by atomic mass is 10.2. The van der Waals surface area contributed by atoms with Crippen molar-refractivity contribution in [2.75, 3.05) is 24.3 Å². The lowest BCUT2D eigenvalue weighted by Gasteiger charge is -2.15. The van der Waals surface area contributed by atoms with Crippen molar-refractivity contribution in [1.29, 1.82) is 0 Å². The van der Waals surface area contributed by atoms with Gasteiger partial charge >= 0.3 is 0 Å². The number of hydrogen-bond donors (Lipinski definition) is 2. The van der Waals surface area contributed by atoms with Crippen LogP contribution >= 0.6 is 0 Å². The van der Waals surface area contributed by atoms with E-state index in [0.29, 0.717) is 5.75 Å². The molecule has 0 aromatic heterocycles. The van der Waals surface area contributed by atoms with Gasteiger partial charge in [-0.25, -0.2) is 12.8 Å². The Kier molecular flexibility index (Phi) is 6.45. The zero-order valence-corrected chi connectivity index (χ0v) is 17.9. The van der Waals surface area contributed by atoms with Gasteiger partial charge in [-0.15, -0.1) is 0 Å². The molecule has 3 rings (SSSR count). The van der Waals surface area contributed by atoms with Crippen LogP contribution in [0.15, 0.2) is 65.6 Å². The van der Waals surface area contributed by atoms with Crippen LogP contribution in [0.2, 0.25) is 0 Å². The lowest BCUT2D eigenvalue weighted by molar-refractivity contribution is 0.102. The van der Waals surface area contributed by atoms with Gasteiger partial charge in [-0.2, -0.15) is 0 Å². The zero-order chi connectivity index (χ0) is 22.6. The molecule has 0 unspecified atom stereocenters. The topological polar surface area (TPSA) is 93.7 Å². The number of benzene rings is 3. The maximum Gasteiger partial charge on any atom is 0.262 e. The molecule has 0 aliphatic carbocycles. The molecule has 9 heteroatoms. The number of amides is 1. The number of carbonyl (C=O) groups is 1. The van der Waals surface area contributed by atoms with E-state index in [9.17, 15) is 17.6 Å². The summed E-state index contributed by atoms with van der Waals surface area (Å²) >= 11 is 0. The van der Waals surface area contributed by atoms with E-state index in [0.717, 1.165) is 11.6 Å². The van der Waals surface area contributed by atoms with Crippen LogP contribution in [-0.2, 0) is 10.0 Å². The second kappa shape index (κ2) is 9.05. The molecular weight excluding hydrogens is 423 g/mol. The van der Waals surface area contributed by atoms with Crippen molar-refractivity contribution in [2.24, 2.45) is 0 Å². The number of carbonyl (C=O) groups excluding carboxylic acids is 1. The van der Waals surface area contributed by atoms with Gasteiger partial charge in [-0.3, -0.25) is 9.52 Å². The Morgan fingerprint density at radius 3 is 2.23 bits per heavy atom. The minimum Gasteiger partial charge on any atom is -0.495 e. The third kappa shape index (κ3) is 4.95. The monoisotopic (exact) mass is 444 g/mol. The number of sulfonamides is 1. The Morgan fingerprint density at radius 1 is 0.903 bits per heavy atom. The van der Waals surface area contributed by atoms with Crippen LogP contribution in [0.5, 0.6) is 11.5 Å². The van der Waals surface area contributed by atoms with Crippen molar-refractivity contribution in [3.05, 3.63) is 77.6 Å². The summed E-state index contributed by atoms with van der Waals surface area (Å²) in [6.07, 6.45) is 0. The molecule has 31 heavy (non-hydrogen) atoms. The predicted molar refractivity (Wildman–Crippen MR) is 116 cm³/mol. The molecule has 7 nitrogen and oxygen atoms in total. The maximum atomic E-state index is 13.9. The van der Waals surface area contributed by atoms with Crippen molar-refractivity contribution >= 4 is 27.3 Å². The summed E-state index contributed by atoms with van der Waals surface area (Å²) in [6, 6.07) is 14.5. The van der Waals surface area contributed by atoms with Crippen LogP contribution in [0.4, 0.5) is 15.8 Å². The van der Waals surface area contributed by atoms with Gasteiger partial charge in [0.2, 0.25) is 0 Å². The van der Waals surface area contributed by atoms with E-state index in [4.69, 9.17) is 9.47 Å². The molecule has 0 atom stereocenters. The van der Waals surface area contributed by atoms with Crippen molar-refractivity contribution in [2.45, 2.75) is 11.8 Å². The first-order valence-corrected chi connectivity index (χ1v) is 10.6. The highest BCUT2D eigenvalue weighted by Gasteiger charge is 2.20. The Morgan fingerprint density at radius 2 is 1.55 bits per heavy atom. The molecule has 0 saturated heterocycles. The number of aryl methyl sites for hydroxylation is 1. The molecule has 0 aliphatic rings. The Bertz CT molecular complexity index is 1230. The quantitative estimate of drug-likeness (QED) is 0.570. The van der Waals surface area contributed by atoms with Gasteiger partial charge in [0, 0.05) is 0 Å². The van der Waals surface area contributed by atoms with Crippen LogP contribution in [0, 0.1) is 12.7 Å². The lowest BCUT2D eigenvalue weighted by Crippen LogP contribution is -2.17. The molecule has 0 aliphatic heterocycles. The molecule has 0 saturated carbocycles. The summed E-state index contributed by atoms with van der Waals surface area (Å²) in [5.74, 6) is -0.859. The average molecular weight is 444 g/mol. The first-order valence-electron chi connectivity index (χ1n) is 9.16. The minimum absolute atomic E-state index is 0.0786. The van der Waals surface area contributed by atoms with Gasteiger partial charge in [-0.1, -0.05) is 18.2 Å². The Balaban J connectivity index is 1.95. The Labute approximate surface area is 179 Å². The van der Waals surface area contributed by atoms with Crippen LogP contribution < -0.4 is 19.5 Å². The van der Waals surface area contributed by atoms with Gasteiger partial charge in [0.25, 0.3) is 15.9 Å². The average Bonchev–Trinajstić information content (AvgIpc) is 2.74. The van der Waals surface area contributed by atoms with Crippen molar-refractivity contribution in [3.63, 3.8) is 0 Å². The highest BCUT2D eigenvalue weighted by molar-refractivity contribution is 7.92. The zero-order valence-electron chi connectivity index (χ0n) is 17.1. The fraction of sp³-hybridized carbons (Fsp3) is 0.136. The summed E-state index contributed by atoms with van der Waals surface area (Å²) in [6.45, 7) is 1.82. The van der Waals surface area contributed by atoms with Gasteiger partial charge in [0.15, 0.2) is 0 Å². The molecule has 0 heterocycles. The number of nitrogens with one attached hydrogen (secondary N) is 2. The number of ether oxygens (including phenoxy) is 2. The van der Waals surface area contributed by atoms with Gasteiger partial charge < -0.3 is 14.8 Å². The standard InChI is InChI=1S/C22H21FN2O5S/c1-14-8-10-21(30-3)19(12-14)25-31(27,28)15-9-11-20(29-2)18(13-15)24-22(26)16-6-4-5-7-17(16)23/h4-13,25H,1-3H3,(H,24,26). The van der Waals surface area contributed by atoms with Crippen LogP contribution in [0.1, 0.15) is 15.9 Å². The summed E-state index contributed by atoms with van der Waals surface area (Å²) < 4.78 is 52.8. The van der Waals surface area contributed by atoms with Crippen molar-refractivity contribution in [3.8, 4) is 11.5 Å². The summed E-state index contributed by atoms with van der Waals surface area (Å²) in [4.78, 5) is 12.4. The van der Waals surface area contributed by atoms with Gasteiger partial charge in [-0.05, 0) is 55.0 Å². The molecule has 3 aromatic carbocycles. The summed E-state index contributed by atoms with van der Waals surface area (Å²) in [7, 11) is -1.22. The normalized spacial score (nSPS) is 11.0. The Hall–Kier alpha value is -3.59. The number of hydrogen-bond acceptors (Lipinski definition) is 5. The largest absolute Gasteiger partial charge is 0.495 e. The predicted octanol–water partition coefficient (Wildman–Crippen LogP) is 4.20. The van der Waals surface area contributed by atoms with Crippen molar-refractivity contribution < 1.29 is 27.1 Å². The smallest absolute Gasteiger partial charge is 0.262 e. The molecule has 0 fully saturated rings. The molecule has 0 bridgehead atoms. The van der Waals surface area contributed by atoms with E-state index in [1.54, 1.807) is 18.2 Å². The molecule has 2 N–H and O–H groups in total. The van der Waals surface area contributed by atoms with E-state index in [-0.39, 0.29) is 27.6 Å². The number of halogens is 1. The summed E-state index contributed by atoms with van der Waals surface area (Å²) in [5, 5.41) is 2.51. The number of methoxy groups -OCH3 is 2. The van der Waals surface area contributed by atoms with E-state index in [1.165, 1.54) is 50.6 Å². The van der Waals surface area contributed by atoms with Crippen LogP contribution in [0.25, 0.3) is 0 Å². The fourth-order valence-corrected chi connectivity index (χ4v) is 3.98. The van der Waals surface area contributed by atoms with E-state index >= 15 is 0 Å². The number of anilines is 2. The first kappa shape index (κ1) is 22.1. The SMILES string of the molecule is COc1ccc(S(=O)(=O)Nc2cc(C)ccc2OC)cc1NC(=O)c1ccccc1F. The van der Waals surface area contributed by atoms with E-state index in [1.807, 2.05) is 6.92 Å². The number of rotatable bonds is 7. The second-order valence-electron chi connectivity index (χ2n) is 6.61. The first-order chi connectivity index (χ1) is 14.7. The van der Waals surface area contributed by atoms with Crippen LogP contribution in [0.3, 0.4) is 0 Å². The third-order valence-electron chi connectivity index (χ3n) is 4.45. The molecule has 1 amide bonds. The minimum atomic E-state index is -4.03. The third-order valence-corrected chi connectivity index (χ3v) is 5.81. The molecule has 0 radical (unpaired) electrons. The van der Waals surface area contributed by atoms with E-state index < -0.39 is 21.7 Å². The summed E-state index contributed by atoms with van der Waals surface area (Å²) in [5.41, 5.74) is 1.01. The molecular formula is C22H21FN2O5S. The maximum absolute atomic E-state index is 13.9. The second-order valence-corrected chi connectivity index (χ2v) is 8.29. The molecule has 3 aromatic rings.